The van der Waals surface area contributed by atoms with Crippen LogP contribution in [0.5, 0.6) is 0 Å². The second-order valence-electron chi connectivity index (χ2n) is 10.5. The molecule has 2 aliphatic rings. The molecular weight excluding hydrogens is 469 g/mol. The van der Waals surface area contributed by atoms with Crippen LogP contribution in [0.4, 0.5) is 4.39 Å². The number of likely N-dealkylation sites (N-methyl/N-ethyl adjacent to an activating group) is 1. The van der Waals surface area contributed by atoms with Gasteiger partial charge < -0.3 is 20.5 Å². The van der Waals surface area contributed by atoms with E-state index in [2.05, 4.69) is 10.3 Å². The zero-order chi connectivity index (χ0) is 25.9. The van der Waals surface area contributed by atoms with Crippen molar-refractivity contribution in [3.8, 4) is 5.82 Å². The number of aromatic nitrogens is 2. The SMILES string of the molecule is CNC(CC(C(=O)N1CCCC1c1ccnc(-n2ccc3ccc(F)cc32)c1)C1CCCCC1)C(N)=O. The first-order chi connectivity index (χ1) is 18.0. The van der Waals surface area contributed by atoms with Crippen LogP contribution in [0.1, 0.15) is 63.0 Å². The lowest BCUT2D eigenvalue weighted by atomic mass is 9.76. The van der Waals surface area contributed by atoms with Crippen molar-refractivity contribution in [1.29, 1.82) is 0 Å². The molecule has 2 amide bonds. The molecule has 3 aromatic rings. The van der Waals surface area contributed by atoms with Crippen LogP contribution in [0.2, 0.25) is 0 Å². The van der Waals surface area contributed by atoms with E-state index in [1.54, 1.807) is 19.3 Å². The number of nitrogens with two attached hydrogens (primary N) is 1. The van der Waals surface area contributed by atoms with E-state index in [-0.39, 0.29) is 29.6 Å². The van der Waals surface area contributed by atoms with E-state index in [4.69, 9.17) is 5.73 Å². The van der Waals surface area contributed by atoms with Gasteiger partial charge in [0.25, 0.3) is 0 Å². The quantitative estimate of drug-likeness (QED) is 0.472. The normalized spacial score (nSPS) is 20.3. The first-order valence-electron chi connectivity index (χ1n) is 13.5. The minimum Gasteiger partial charge on any atom is -0.368 e. The number of halogens is 1. The molecule has 1 aliphatic carbocycles. The molecule has 0 spiro atoms. The molecule has 3 unspecified atom stereocenters. The molecule has 37 heavy (non-hydrogen) atoms. The number of benzene rings is 1. The first-order valence-corrected chi connectivity index (χ1v) is 13.5. The number of likely N-dealkylation sites (tertiary alicyclic amines) is 1. The number of nitrogens with one attached hydrogen (secondary N) is 1. The number of nitrogens with zero attached hydrogens (tertiary/aromatic N) is 3. The molecule has 5 rings (SSSR count). The molecule has 8 heteroatoms. The summed E-state index contributed by atoms with van der Waals surface area (Å²) in [6, 6.07) is 10.1. The van der Waals surface area contributed by atoms with Gasteiger partial charge in [-0.2, -0.15) is 0 Å². The fourth-order valence-corrected chi connectivity index (χ4v) is 6.33. The molecule has 3 atom stereocenters. The summed E-state index contributed by atoms with van der Waals surface area (Å²) in [5.74, 6) is 0.160. The Kier molecular flexibility index (Phi) is 7.55. The molecule has 7 nitrogen and oxygen atoms in total. The summed E-state index contributed by atoms with van der Waals surface area (Å²) >= 11 is 0. The van der Waals surface area contributed by atoms with Crippen molar-refractivity contribution >= 4 is 22.7 Å². The Hall–Kier alpha value is -3.26. The number of hydrogen-bond donors (Lipinski definition) is 2. The lowest BCUT2D eigenvalue weighted by molar-refractivity contribution is -0.139. The molecule has 1 saturated heterocycles. The molecule has 0 bridgehead atoms. The Balaban J connectivity index is 1.43. The predicted octanol–water partition coefficient (Wildman–Crippen LogP) is 4.49. The molecule has 1 aromatic carbocycles. The number of hydrogen-bond acceptors (Lipinski definition) is 4. The number of carbonyl (C=O) groups is 2. The molecule has 2 aromatic heterocycles. The maximum Gasteiger partial charge on any atom is 0.234 e. The van der Waals surface area contributed by atoms with Crippen LogP contribution in [0.3, 0.4) is 0 Å². The van der Waals surface area contributed by atoms with E-state index in [1.807, 2.05) is 33.9 Å². The minimum absolute atomic E-state index is 0.0551. The van der Waals surface area contributed by atoms with Gasteiger partial charge in [0, 0.05) is 30.2 Å². The minimum atomic E-state index is -0.521. The topological polar surface area (TPSA) is 93.2 Å². The lowest BCUT2D eigenvalue weighted by Gasteiger charge is -2.36. The predicted molar refractivity (Wildman–Crippen MR) is 141 cm³/mol. The van der Waals surface area contributed by atoms with Gasteiger partial charge in [-0.25, -0.2) is 9.37 Å². The van der Waals surface area contributed by atoms with Crippen molar-refractivity contribution in [2.75, 3.05) is 13.6 Å². The smallest absolute Gasteiger partial charge is 0.234 e. The van der Waals surface area contributed by atoms with Gasteiger partial charge >= 0.3 is 0 Å². The molecular formula is C29H36FN5O2. The summed E-state index contributed by atoms with van der Waals surface area (Å²) in [6.45, 7) is 0.697. The van der Waals surface area contributed by atoms with Crippen LogP contribution >= 0.6 is 0 Å². The molecule has 1 saturated carbocycles. The molecule has 3 N–H and O–H groups in total. The Labute approximate surface area is 217 Å². The Morgan fingerprint density at radius 2 is 1.92 bits per heavy atom. The zero-order valence-electron chi connectivity index (χ0n) is 21.4. The number of pyridine rings is 1. The molecule has 2 fully saturated rings. The fraction of sp³-hybridized carbons (Fsp3) is 0.483. The van der Waals surface area contributed by atoms with Gasteiger partial charge in [0.2, 0.25) is 11.8 Å². The van der Waals surface area contributed by atoms with E-state index >= 15 is 0 Å². The van der Waals surface area contributed by atoms with Crippen molar-refractivity contribution in [3.05, 3.63) is 60.2 Å². The molecule has 1 aliphatic heterocycles. The van der Waals surface area contributed by atoms with Crippen LogP contribution in [0.15, 0.2) is 48.8 Å². The van der Waals surface area contributed by atoms with Gasteiger partial charge in [0.05, 0.1) is 17.6 Å². The van der Waals surface area contributed by atoms with Gasteiger partial charge in [-0.3, -0.25) is 9.59 Å². The number of fused-ring (bicyclic) bond motifs is 1. The van der Waals surface area contributed by atoms with Crippen LogP contribution in [0, 0.1) is 17.7 Å². The summed E-state index contributed by atoms with van der Waals surface area (Å²) < 4.78 is 15.8. The molecule has 196 valence electrons. The van der Waals surface area contributed by atoms with Crippen molar-refractivity contribution < 1.29 is 14.0 Å². The number of rotatable bonds is 8. The fourth-order valence-electron chi connectivity index (χ4n) is 6.33. The van der Waals surface area contributed by atoms with Gasteiger partial charge in [0.15, 0.2) is 0 Å². The van der Waals surface area contributed by atoms with Crippen LogP contribution < -0.4 is 11.1 Å². The standard InChI is InChI=1S/C29H36FN5O2/c1-32-24(28(31)36)18-23(19-6-3-2-4-7-19)29(37)35-14-5-8-25(35)21-11-13-33-27(16-21)34-15-12-20-9-10-22(30)17-26(20)34/h9-13,15-17,19,23-25,32H,2-8,14,18H2,1H3,(H2,31,36). The Morgan fingerprint density at radius 3 is 2.68 bits per heavy atom. The highest BCUT2D eigenvalue weighted by molar-refractivity contribution is 5.84. The van der Waals surface area contributed by atoms with Crippen molar-refractivity contribution in [1.82, 2.24) is 19.8 Å². The van der Waals surface area contributed by atoms with E-state index in [9.17, 15) is 14.0 Å². The van der Waals surface area contributed by atoms with Gasteiger partial charge in [0.1, 0.15) is 11.6 Å². The van der Waals surface area contributed by atoms with Crippen LogP contribution in [-0.4, -0.2) is 45.9 Å². The highest BCUT2D eigenvalue weighted by Crippen LogP contribution is 2.39. The second kappa shape index (κ2) is 11.0. The van der Waals surface area contributed by atoms with Gasteiger partial charge in [-0.1, -0.05) is 19.3 Å². The number of primary amides is 1. The molecule has 3 heterocycles. The number of carbonyl (C=O) groups excluding carboxylic acids is 2. The third kappa shape index (κ3) is 5.25. The lowest BCUT2D eigenvalue weighted by Crippen LogP contribution is -2.46. The Morgan fingerprint density at radius 1 is 1.11 bits per heavy atom. The maximum atomic E-state index is 14.1. The van der Waals surface area contributed by atoms with Crippen LogP contribution in [-0.2, 0) is 9.59 Å². The third-order valence-electron chi connectivity index (χ3n) is 8.31. The average molecular weight is 506 g/mol. The van der Waals surface area contributed by atoms with Crippen molar-refractivity contribution in [2.24, 2.45) is 17.6 Å². The van der Waals surface area contributed by atoms with E-state index in [0.717, 1.165) is 55.0 Å². The summed E-state index contributed by atoms with van der Waals surface area (Å²) in [6.07, 6.45) is 11.4. The summed E-state index contributed by atoms with van der Waals surface area (Å²) in [4.78, 5) is 32.7. The monoisotopic (exact) mass is 505 g/mol. The van der Waals surface area contributed by atoms with E-state index in [1.165, 1.54) is 18.6 Å². The van der Waals surface area contributed by atoms with Gasteiger partial charge in [-0.05, 0) is 87.0 Å². The first kappa shape index (κ1) is 25.4. The third-order valence-corrected chi connectivity index (χ3v) is 8.31. The summed E-state index contributed by atoms with van der Waals surface area (Å²) in [5.41, 5.74) is 7.43. The van der Waals surface area contributed by atoms with Gasteiger partial charge in [-0.15, -0.1) is 0 Å². The van der Waals surface area contributed by atoms with E-state index < -0.39 is 11.9 Å². The number of amides is 2. The van der Waals surface area contributed by atoms with E-state index in [0.29, 0.717) is 18.8 Å². The average Bonchev–Trinajstić information content (AvgIpc) is 3.57. The van der Waals surface area contributed by atoms with Crippen molar-refractivity contribution in [3.63, 3.8) is 0 Å². The van der Waals surface area contributed by atoms with Crippen molar-refractivity contribution in [2.45, 2.75) is 63.5 Å². The largest absolute Gasteiger partial charge is 0.368 e. The summed E-state index contributed by atoms with van der Waals surface area (Å²) in [7, 11) is 1.73. The van der Waals surface area contributed by atoms with Crippen LogP contribution in [0.25, 0.3) is 16.7 Å². The zero-order valence-corrected chi connectivity index (χ0v) is 21.4. The highest BCUT2D eigenvalue weighted by Gasteiger charge is 2.39. The Bertz CT molecular complexity index is 1270. The molecule has 0 radical (unpaired) electrons. The second-order valence-corrected chi connectivity index (χ2v) is 10.5. The maximum absolute atomic E-state index is 14.1. The summed E-state index contributed by atoms with van der Waals surface area (Å²) in [5, 5.41) is 3.96. The highest BCUT2D eigenvalue weighted by atomic mass is 19.1.